The molecular formula is C17H26N2OS. The third-order valence-corrected chi connectivity index (χ3v) is 5.85. The first-order chi connectivity index (χ1) is 10.4. The van der Waals surface area contributed by atoms with E-state index in [1.807, 2.05) is 0 Å². The minimum atomic E-state index is 0.340. The molecule has 0 radical (unpaired) electrons. The van der Waals surface area contributed by atoms with E-state index in [0.29, 0.717) is 18.6 Å². The third kappa shape index (κ3) is 3.86. The summed E-state index contributed by atoms with van der Waals surface area (Å²) < 4.78 is 0. The fourth-order valence-electron chi connectivity index (χ4n) is 3.30. The van der Waals surface area contributed by atoms with Gasteiger partial charge in [-0.3, -0.25) is 0 Å². The fraction of sp³-hybridized carbons (Fsp3) is 0.647. The number of nitrogens with one attached hydrogen (secondary N) is 1. The fourth-order valence-corrected chi connectivity index (χ4v) is 4.37. The van der Waals surface area contributed by atoms with Crippen molar-refractivity contribution in [1.29, 1.82) is 0 Å². The standard InChI is InChI=1S/C17H26N2OS/c20-12-14-7-9-19(10-8-14)17-6-2-1-5-16(17)18-15-4-3-11-21-13-15/h1-2,5-6,14-15,18,20H,3-4,7-13H2/t15-/m0/s1. The zero-order valence-corrected chi connectivity index (χ0v) is 13.4. The van der Waals surface area contributed by atoms with Gasteiger partial charge in [0, 0.05) is 31.5 Å². The van der Waals surface area contributed by atoms with Gasteiger partial charge in [-0.1, -0.05) is 12.1 Å². The monoisotopic (exact) mass is 306 g/mol. The number of rotatable bonds is 4. The Morgan fingerprint density at radius 3 is 2.71 bits per heavy atom. The Bertz CT molecular complexity index is 440. The van der Waals surface area contributed by atoms with Gasteiger partial charge in [0.2, 0.25) is 0 Å². The third-order valence-electron chi connectivity index (χ3n) is 4.64. The lowest BCUT2D eigenvalue weighted by molar-refractivity contribution is 0.203. The second-order valence-corrected chi connectivity index (χ2v) is 7.34. The summed E-state index contributed by atoms with van der Waals surface area (Å²) in [4.78, 5) is 2.48. The summed E-state index contributed by atoms with van der Waals surface area (Å²) in [6.45, 7) is 2.46. The molecule has 2 fully saturated rings. The van der Waals surface area contributed by atoms with Crippen molar-refractivity contribution in [3.8, 4) is 0 Å². The Labute approximate surface area is 132 Å². The van der Waals surface area contributed by atoms with Crippen LogP contribution in [0.25, 0.3) is 0 Å². The largest absolute Gasteiger partial charge is 0.396 e. The average Bonchev–Trinajstić information content (AvgIpc) is 2.56. The van der Waals surface area contributed by atoms with Crippen LogP contribution >= 0.6 is 11.8 Å². The van der Waals surface area contributed by atoms with Crippen molar-refractivity contribution in [3.63, 3.8) is 0 Å². The van der Waals surface area contributed by atoms with Gasteiger partial charge in [0.05, 0.1) is 11.4 Å². The highest BCUT2D eigenvalue weighted by molar-refractivity contribution is 7.99. The molecule has 116 valence electrons. The number of benzene rings is 1. The predicted octanol–water partition coefficient (Wildman–Crippen LogP) is 3.20. The van der Waals surface area contributed by atoms with Crippen LogP contribution < -0.4 is 10.2 Å². The molecule has 2 N–H and O–H groups in total. The highest BCUT2D eigenvalue weighted by Crippen LogP contribution is 2.31. The van der Waals surface area contributed by atoms with Crippen molar-refractivity contribution in [1.82, 2.24) is 0 Å². The predicted molar refractivity (Wildman–Crippen MR) is 92.4 cm³/mol. The summed E-state index contributed by atoms with van der Waals surface area (Å²) in [5.74, 6) is 3.03. The first kappa shape index (κ1) is 15.0. The second-order valence-electron chi connectivity index (χ2n) is 6.19. The number of aliphatic hydroxyl groups is 1. The second kappa shape index (κ2) is 7.41. The van der Waals surface area contributed by atoms with E-state index >= 15 is 0 Å². The van der Waals surface area contributed by atoms with Crippen LogP contribution in [0.4, 0.5) is 11.4 Å². The summed E-state index contributed by atoms with van der Waals surface area (Å²) in [5.41, 5.74) is 2.62. The number of thioether (sulfide) groups is 1. The van der Waals surface area contributed by atoms with Crippen LogP contribution in [0.1, 0.15) is 25.7 Å². The van der Waals surface area contributed by atoms with Crippen molar-refractivity contribution in [2.24, 2.45) is 5.92 Å². The van der Waals surface area contributed by atoms with E-state index in [1.54, 1.807) is 0 Å². The molecule has 21 heavy (non-hydrogen) atoms. The highest BCUT2D eigenvalue weighted by Gasteiger charge is 2.21. The number of aliphatic hydroxyl groups excluding tert-OH is 1. The van der Waals surface area contributed by atoms with Gasteiger partial charge >= 0.3 is 0 Å². The molecule has 1 atom stereocenters. The number of hydrogen-bond donors (Lipinski definition) is 2. The van der Waals surface area contributed by atoms with Crippen LogP contribution in [0.3, 0.4) is 0 Å². The molecule has 0 saturated carbocycles. The zero-order valence-electron chi connectivity index (χ0n) is 12.6. The molecule has 2 heterocycles. The lowest BCUT2D eigenvalue weighted by Crippen LogP contribution is -2.35. The Kier molecular flexibility index (Phi) is 5.31. The molecule has 0 spiro atoms. The number of nitrogens with zero attached hydrogens (tertiary/aromatic N) is 1. The first-order valence-corrected chi connectivity index (χ1v) is 9.31. The summed E-state index contributed by atoms with van der Waals surface area (Å²) in [6, 6.07) is 9.32. The number of anilines is 2. The molecule has 1 aromatic carbocycles. The van der Waals surface area contributed by atoms with Gasteiger partial charge < -0.3 is 15.3 Å². The maximum absolute atomic E-state index is 9.29. The van der Waals surface area contributed by atoms with E-state index in [-0.39, 0.29) is 0 Å². The topological polar surface area (TPSA) is 35.5 Å². The van der Waals surface area contributed by atoms with Crippen molar-refractivity contribution in [2.75, 3.05) is 41.4 Å². The average molecular weight is 306 g/mol. The lowest BCUT2D eigenvalue weighted by Gasteiger charge is -2.35. The first-order valence-electron chi connectivity index (χ1n) is 8.16. The van der Waals surface area contributed by atoms with Gasteiger partial charge in [-0.05, 0) is 49.5 Å². The molecule has 3 rings (SSSR count). The molecule has 3 nitrogen and oxygen atoms in total. The summed E-state index contributed by atoms with van der Waals surface area (Å²) in [7, 11) is 0. The van der Waals surface area contributed by atoms with Crippen molar-refractivity contribution in [2.45, 2.75) is 31.7 Å². The van der Waals surface area contributed by atoms with Gasteiger partial charge in [0.15, 0.2) is 0 Å². The molecular weight excluding hydrogens is 280 g/mol. The molecule has 0 aliphatic carbocycles. The number of para-hydroxylation sites is 2. The van der Waals surface area contributed by atoms with E-state index in [0.717, 1.165) is 25.9 Å². The van der Waals surface area contributed by atoms with E-state index in [1.165, 1.54) is 35.7 Å². The molecule has 1 aromatic rings. The van der Waals surface area contributed by atoms with E-state index in [2.05, 4.69) is 46.2 Å². The smallest absolute Gasteiger partial charge is 0.0602 e. The van der Waals surface area contributed by atoms with Crippen LogP contribution in [-0.4, -0.2) is 42.4 Å². The normalized spacial score (nSPS) is 24.0. The molecule has 0 amide bonds. The minimum Gasteiger partial charge on any atom is -0.396 e. The summed E-state index contributed by atoms with van der Waals surface area (Å²) >= 11 is 2.06. The van der Waals surface area contributed by atoms with Crippen LogP contribution in [0.2, 0.25) is 0 Å². The van der Waals surface area contributed by atoms with E-state index in [4.69, 9.17) is 0 Å². The molecule has 0 bridgehead atoms. The minimum absolute atomic E-state index is 0.340. The van der Waals surface area contributed by atoms with Crippen molar-refractivity contribution in [3.05, 3.63) is 24.3 Å². The zero-order chi connectivity index (χ0) is 14.5. The molecule has 2 aliphatic heterocycles. The quantitative estimate of drug-likeness (QED) is 0.895. The van der Waals surface area contributed by atoms with Gasteiger partial charge in [-0.2, -0.15) is 11.8 Å². The highest BCUT2D eigenvalue weighted by atomic mass is 32.2. The molecule has 0 unspecified atom stereocenters. The van der Waals surface area contributed by atoms with Gasteiger partial charge in [0.25, 0.3) is 0 Å². The Hall–Kier alpha value is -0.870. The maximum atomic E-state index is 9.29. The Balaban J connectivity index is 1.67. The number of piperidine rings is 1. The lowest BCUT2D eigenvalue weighted by atomic mass is 9.97. The van der Waals surface area contributed by atoms with Gasteiger partial charge in [0.1, 0.15) is 0 Å². The molecule has 2 aliphatic rings. The number of hydrogen-bond acceptors (Lipinski definition) is 4. The van der Waals surface area contributed by atoms with Gasteiger partial charge in [-0.15, -0.1) is 0 Å². The van der Waals surface area contributed by atoms with E-state index in [9.17, 15) is 5.11 Å². The van der Waals surface area contributed by atoms with Crippen LogP contribution in [0, 0.1) is 5.92 Å². The summed E-state index contributed by atoms with van der Waals surface area (Å²) in [5, 5.41) is 13.0. The summed E-state index contributed by atoms with van der Waals surface area (Å²) in [6.07, 6.45) is 4.81. The SMILES string of the molecule is OCC1CCN(c2ccccc2N[C@H]2CCCSC2)CC1. The molecule has 4 heteroatoms. The van der Waals surface area contributed by atoms with Crippen LogP contribution in [0.15, 0.2) is 24.3 Å². The molecule has 0 aromatic heterocycles. The van der Waals surface area contributed by atoms with Crippen LogP contribution in [0.5, 0.6) is 0 Å². The van der Waals surface area contributed by atoms with Gasteiger partial charge in [-0.25, -0.2) is 0 Å². The molecule has 2 saturated heterocycles. The van der Waals surface area contributed by atoms with Crippen molar-refractivity contribution < 1.29 is 5.11 Å². The van der Waals surface area contributed by atoms with Crippen LogP contribution in [-0.2, 0) is 0 Å². The Morgan fingerprint density at radius 1 is 1.19 bits per heavy atom. The van der Waals surface area contributed by atoms with Crippen molar-refractivity contribution >= 4 is 23.1 Å². The Morgan fingerprint density at radius 2 is 2.00 bits per heavy atom. The maximum Gasteiger partial charge on any atom is 0.0602 e. The van der Waals surface area contributed by atoms with E-state index < -0.39 is 0 Å².